The molecular formula is C15H13NO6. The molecule has 3 aromatic rings. The van der Waals surface area contributed by atoms with E-state index in [-0.39, 0.29) is 11.0 Å². The number of hydrogen-bond acceptors (Lipinski definition) is 6. The van der Waals surface area contributed by atoms with Gasteiger partial charge in [0.1, 0.15) is 11.1 Å². The van der Waals surface area contributed by atoms with Crippen LogP contribution in [0.25, 0.3) is 21.9 Å². The highest BCUT2D eigenvalue weighted by Crippen LogP contribution is 2.35. The normalized spacial score (nSPS) is 11.0. The Morgan fingerprint density at radius 2 is 1.73 bits per heavy atom. The minimum Gasteiger partial charge on any atom is -0.507 e. The molecule has 2 heterocycles. The van der Waals surface area contributed by atoms with Crippen molar-refractivity contribution in [2.45, 2.75) is 0 Å². The van der Waals surface area contributed by atoms with Crippen molar-refractivity contribution in [2.24, 2.45) is 7.05 Å². The van der Waals surface area contributed by atoms with Gasteiger partial charge in [-0.25, -0.2) is 4.79 Å². The molecule has 1 aromatic carbocycles. The summed E-state index contributed by atoms with van der Waals surface area (Å²) in [7, 11) is 4.51. The van der Waals surface area contributed by atoms with Crippen LogP contribution in [0.4, 0.5) is 0 Å². The number of hydrogen-bond donors (Lipinski definition) is 1. The fourth-order valence-electron chi connectivity index (χ4n) is 2.48. The van der Waals surface area contributed by atoms with E-state index in [0.717, 1.165) is 6.07 Å². The number of pyridine rings is 1. The highest BCUT2D eigenvalue weighted by molar-refractivity contribution is 6.04. The summed E-state index contributed by atoms with van der Waals surface area (Å²) in [6.07, 6.45) is 0. The van der Waals surface area contributed by atoms with Gasteiger partial charge in [-0.1, -0.05) is 0 Å². The quantitative estimate of drug-likeness (QED) is 0.719. The third kappa shape index (κ3) is 1.82. The standard InChI is InChI=1S/C15H13NO6/c1-16-8-5-11(21-3)10(20-2)4-7(8)14-13(15(16)19)9(17)6-12(18)22-14/h4-6,17H,1-3H3. The number of ether oxygens (including phenoxy) is 2. The predicted octanol–water partition coefficient (Wildman–Crippen LogP) is 1.37. The molecule has 3 rings (SSSR count). The summed E-state index contributed by atoms with van der Waals surface area (Å²) >= 11 is 0. The number of rotatable bonds is 2. The number of aromatic hydroxyl groups is 1. The fourth-order valence-corrected chi connectivity index (χ4v) is 2.48. The molecule has 0 unspecified atom stereocenters. The summed E-state index contributed by atoms with van der Waals surface area (Å²) < 4.78 is 16.9. The lowest BCUT2D eigenvalue weighted by molar-refractivity contribution is 0.355. The molecule has 0 bridgehead atoms. The second kappa shape index (κ2) is 4.80. The molecule has 7 heteroatoms. The fraction of sp³-hybridized carbons (Fsp3) is 0.200. The van der Waals surface area contributed by atoms with Gasteiger partial charge in [0.2, 0.25) is 0 Å². The highest BCUT2D eigenvalue weighted by atomic mass is 16.5. The van der Waals surface area contributed by atoms with E-state index in [1.54, 1.807) is 19.2 Å². The molecule has 22 heavy (non-hydrogen) atoms. The number of nitrogens with zero attached hydrogens (tertiary/aromatic N) is 1. The Morgan fingerprint density at radius 1 is 1.09 bits per heavy atom. The third-order valence-corrected chi connectivity index (χ3v) is 3.57. The van der Waals surface area contributed by atoms with Crippen LogP contribution < -0.4 is 20.7 Å². The third-order valence-electron chi connectivity index (χ3n) is 3.57. The van der Waals surface area contributed by atoms with Crippen LogP contribution in [-0.4, -0.2) is 23.9 Å². The van der Waals surface area contributed by atoms with Gasteiger partial charge in [0, 0.05) is 18.5 Å². The Labute approximate surface area is 123 Å². The van der Waals surface area contributed by atoms with Gasteiger partial charge >= 0.3 is 5.63 Å². The molecule has 0 amide bonds. The zero-order valence-electron chi connectivity index (χ0n) is 12.2. The molecule has 0 saturated heterocycles. The van der Waals surface area contributed by atoms with E-state index >= 15 is 0 Å². The van der Waals surface area contributed by atoms with Crippen LogP contribution in [0.2, 0.25) is 0 Å². The Bertz CT molecular complexity index is 1010. The second-order valence-corrected chi connectivity index (χ2v) is 4.74. The van der Waals surface area contributed by atoms with E-state index in [0.29, 0.717) is 22.4 Å². The second-order valence-electron chi connectivity index (χ2n) is 4.74. The first kappa shape index (κ1) is 14.0. The Morgan fingerprint density at radius 3 is 2.36 bits per heavy atom. The van der Waals surface area contributed by atoms with Crippen molar-refractivity contribution >= 4 is 21.9 Å². The Hall–Kier alpha value is -2.96. The molecule has 114 valence electrons. The zero-order chi connectivity index (χ0) is 16.0. The lowest BCUT2D eigenvalue weighted by Crippen LogP contribution is -2.18. The van der Waals surface area contributed by atoms with Gasteiger partial charge in [-0.05, 0) is 6.07 Å². The van der Waals surface area contributed by atoms with Gasteiger partial charge < -0.3 is 23.6 Å². The van der Waals surface area contributed by atoms with Crippen LogP contribution in [0.15, 0.2) is 32.2 Å². The summed E-state index contributed by atoms with van der Waals surface area (Å²) in [5.41, 5.74) is -0.710. The summed E-state index contributed by atoms with van der Waals surface area (Å²) in [4.78, 5) is 23.9. The van der Waals surface area contributed by atoms with Crippen LogP contribution in [0, 0.1) is 0 Å². The molecule has 0 aliphatic carbocycles. The summed E-state index contributed by atoms with van der Waals surface area (Å²) in [6.45, 7) is 0. The van der Waals surface area contributed by atoms with Gasteiger partial charge in [0.15, 0.2) is 17.1 Å². The van der Waals surface area contributed by atoms with Crippen molar-refractivity contribution in [2.75, 3.05) is 14.2 Å². The smallest absolute Gasteiger partial charge is 0.339 e. The predicted molar refractivity (Wildman–Crippen MR) is 80.0 cm³/mol. The van der Waals surface area contributed by atoms with Gasteiger partial charge in [-0.2, -0.15) is 0 Å². The first-order valence-electron chi connectivity index (χ1n) is 6.39. The lowest BCUT2D eigenvalue weighted by atomic mass is 10.1. The molecule has 0 saturated carbocycles. The maximum absolute atomic E-state index is 12.4. The number of aromatic nitrogens is 1. The number of methoxy groups -OCH3 is 2. The van der Waals surface area contributed by atoms with E-state index in [9.17, 15) is 14.7 Å². The van der Waals surface area contributed by atoms with Crippen molar-refractivity contribution in [3.8, 4) is 17.2 Å². The van der Waals surface area contributed by atoms with E-state index in [4.69, 9.17) is 13.9 Å². The largest absolute Gasteiger partial charge is 0.507 e. The summed E-state index contributed by atoms with van der Waals surface area (Å²) in [5.74, 6) is 0.441. The molecule has 0 aliphatic heterocycles. The molecule has 0 aliphatic rings. The maximum Gasteiger partial charge on any atom is 0.339 e. The molecule has 0 fully saturated rings. The van der Waals surface area contributed by atoms with E-state index in [2.05, 4.69) is 0 Å². The van der Waals surface area contributed by atoms with Gasteiger partial charge in [-0.3, -0.25) is 4.79 Å². The van der Waals surface area contributed by atoms with Gasteiger partial charge in [-0.15, -0.1) is 0 Å². The molecule has 1 N–H and O–H groups in total. The topological polar surface area (TPSA) is 90.9 Å². The molecule has 0 atom stereocenters. The Kier molecular flexibility index (Phi) is 3.05. The average Bonchev–Trinajstić information content (AvgIpc) is 2.50. The molecular weight excluding hydrogens is 290 g/mol. The first-order valence-corrected chi connectivity index (χ1v) is 6.39. The van der Waals surface area contributed by atoms with Crippen LogP contribution >= 0.6 is 0 Å². The highest BCUT2D eigenvalue weighted by Gasteiger charge is 2.18. The van der Waals surface area contributed by atoms with E-state index < -0.39 is 16.9 Å². The van der Waals surface area contributed by atoms with Crippen LogP contribution in [0.3, 0.4) is 0 Å². The molecule has 0 spiro atoms. The minimum absolute atomic E-state index is 0.0176. The van der Waals surface area contributed by atoms with Crippen molar-refractivity contribution in [1.82, 2.24) is 4.57 Å². The molecule has 7 nitrogen and oxygen atoms in total. The summed E-state index contributed by atoms with van der Waals surface area (Å²) in [6, 6.07) is 4.08. The van der Waals surface area contributed by atoms with Crippen LogP contribution in [0.1, 0.15) is 0 Å². The maximum atomic E-state index is 12.4. The van der Waals surface area contributed by atoms with Crippen molar-refractivity contribution < 1.29 is 19.0 Å². The van der Waals surface area contributed by atoms with Gasteiger partial charge in [0.25, 0.3) is 5.56 Å². The zero-order valence-corrected chi connectivity index (χ0v) is 12.2. The number of benzene rings is 1. The van der Waals surface area contributed by atoms with Crippen LogP contribution in [-0.2, 0) is 7.05 Å². The van der Waals surface area contributed by atoms with Gasteiger partial charge in [0.05, 0.1) is 25.8 Å². The Balaban J connectivity index is 2.66. The number of aryl methyl sites for hydroxylation is 1. The van der Waals surface area contributed by atoms with E-state index in [1.807, 2.05) is 0 Å². The SMILES string of the molecule is COc1cc2c3oc(=O)cc(O)c3c(=O)n(C)c2cc1OC. The van der Waals surface area contributed by atoms with E-state index in [1.165, 1.54) is 18.8 Å². The first-order chi connectivity index (χ1) is 10.5. The number of fused-ring (bicyclic) bond motifs is 3. The monoisotopic (exact) mass is 303 g/mol. The summed E-state index contributed by atoms with van der Waals surface area (Å²) in [5, 5.41) is 10.3. The van der Waals surface area contributed by atoms with Crippen molar-refractivity contribution in [3.63, 3.8) is 0 Å². The van der Waals surface area contributed by atoms with Crippen molar-refractivity contribution in [3.05, 3.63) is 39.0 Å². The molecule has 0 radical (unpaired) electrons. The molecule has 2 aromatic heterocycles. The van der Waals surface area contributed by atoms with Crippen molar-refractivity contribution in [1.29, 1.82) is 0 Å². The van der Waals surface area contributed by atoms with Crippen LogP contribution in [0.5, 0.6) is 17.2 Å². The minimum atomic E-state index is -0.741. The average molecular weight is 303 g/mol. The lowest BCUT2D eigenvalue weighted by Gasteiger charge is -2.13.